The molecule has 0 atom stereocenters. The second-order valence-electron chi connectivity index (χ2n) is 7.26. The lowest BCUT2D eigenvalue weighted by Gasteiger charge is -2.16. The Balaban J connectivity index is 1.75. The molecule has 0 fully saturated rings. The second-order valence-corrected chi connectivity index (χ2v) is 7.70. The summed E-state index contributed by atoms with van der Waals surface area (Å²) in [6.45, 7) is 2.18. The first-order valence-electron chi connectivity index (χ1n) is 9.80. The summed E-state index contributed by atoms with van der Waals surface area (Å²) in [7, 11) is 1.56. The van der Waals surface area contributed by atoms with Crippen LogP contribution in [0.15, 0.2) is 78.5 Å². The van der Waals surface area contributed by atoms with Gasteiger partial charge in [0.25, 0.3) is 11.8 Å². The summed E-state index contributed by atoms with van der Waals surface area (Å²) in [5.74, 6) is -0.172. The first-order valence-corrected chi connectivity index (χ1v) is 10.2. The fourth-order valence-corrected chi connectivity index (χ4v) is 3.60. The van der Waals surface area contributed by atoms with Crippen LogP contribution in [0.3, 0.4) is 0 Å². The number of hydrogen-bond acceptors (Lipinski definition) is 4. The number of para-hydroxylation sites is 2. The van der Waals surface area contributed by atoms with Gasteiger partial charge in [0.05, 0.1) is 24.9 Å². The van der Waals surface area contributed by atoms with Crippen LogP contribution in [0.25, 0.3) is 5.57 Å². The largest absolute Gasteiger partial charge is 0.495 e. The van der Waals surface area contributed by atoms with Crippen LogP contribution in [-0.2, 0) is 16.1 Å². The van der Waals surface area contributed by atoms with Gasteiger partial charge in [-0.2, -0.15) is 0 Å². The third-order valence-electron chi connectivity index (χ3n) is 5.13. The summed E-state index contributed by atoms with van der Waals surface area (Å²) in [4.78, 5) is 28.0. The van der Waals surface area contributed by atoms with E-state index in [0.717, 1.165) is 11.1 Å². The minimum atomic E-state index is -0.388. The van der Waals surface area contributed by atoms with E-state index in [1.165, 1.54) is 4.90 Å². The number of anilines is 1. The highest BCUT2D eigenvalue weighted by atomic mass is 35.5. The predicted molar refractivity (Wildman–Crippen MR) is 122 cm³/mol. The van der Waals surface area contributed by atoms with E-state index >= 15 is 0 Å². The molecule has 3 aromatic carbocycles. The Morgan fingerprint density at radius 1 is 0.903 bits per heavy atom. The molecular formula is C25H21ClN2O3. The third kappa shape index (κ3) is 4.18. The molecule has 0 saturated heterocycles. The maximum atomic E-state index is 13.4. The fraction of sp³-hybridized carbons (Fsp3) is 0.120. The summed E-state index contributed by atoms with van der Waals surface area (Å²) < 4.78 is 5.40. The van der Waals surface area contributed by atoms with E-state index < -0.39 is 0 Å². The van der Waals surface area contributed by atoms with Crippen molar-refractivity contribution in [3.8, 4) is 5.75 Å². The molecule has 1 aliphatic heterocycles. The molecule has 4 rings (SSSR count). The number of benzene rings is 3. The minimum Gasteiger partial charge on any atom is -0.495 e. The molecule has 0 aromatic heterocycles. The molecule has 6 heteroatoms. The highest BCUT2D eigenvalue weighted by Crippen LogP contribution is 2.34. The van der Waals surface area contributed by atoms with Gasteiger partial charge in [-0.3, -0.25) is 14.5 Å². The van der Waals surface area contributed by atoms with Crippen molar-refractivity contribution in [3.63, 3.8) is 0 Å². The number of rotatable bonds is 6. The maximum Gasteiger partial charge on any atom is 0.278 e. The zero-order valence-electron chi connectivity index (χ0n) is 17.2. The fourth-order valence-electron chi connectivity index (χ4n) is 3.48. The lowest BCUT2D eigenvalue weighted by molar-refractivity contribution is -0.137. The van der Waals surface area contributed by atoms with Gasteiger partial charge in [-0.1, -0.05) is 65.7 Å². The van der Waals surface area contributed by atoms with E-state index in [9.17, 15) is 9.59 Å². The SMILES string of the molecule is COc1ccccc1NC1=C(c2ccc(Cl)cc2)C(=O)N(Cc2ccc(C)cc2)C1=O. The summed E-state index contributed by atoms with van der Waals surface area (Å²) in [5.41, 5.74) is 3.72. The van der Waals surface area contributed by atoms with Gasteiger partial charge in [-0.25, -0.2) is 0 Å². The van der Waals surface area contributed by atoms with Gasteiger partial charge in [-0.15, -0.1) is 0 Å². The summed E-state index contributed by atoms with van der Waals surface area (Å²) in [6, 6.07) is 21.9. The van der Waals surface area contributed by atoms with Crippen LogP contribution in [0, 0.1) is 6.92 Å². The molecule has 1 N–H and O–H groups in total. The Hall–Kier alpha value is -3.57. The molecular weight excluding hydrogens is 412 g/mol. The molecule has 0 saturated carbocycles. The number of carbonyl (C=O) groups is 2. The highest BCUT2D eigenvalue weighted by Gasteiger charge is 2.39. The predicted octanol–water partition coefficient (Wildman–Crippen LogP) is 5.05. The molecule has 0 radical (unpaired) electrons. The summed E-state index contributed by atoms with van der Waals surface area (Å²) in [6.07, 6.45) is 0. The number of amides is 2. The molecule has 1 heterocycles. The van der Waals surface area contributed by atoms with Gasteiger partial charge in [0.15, 0.2) is 0 Å². The third-order valence-corrected chi connectivity index (χ3v) is 5.38. The van der Waals surface area contributed by atoms with Gasteiger partial charge in [-0.05, 0) is 42.3 Å². The maximum absolute atomic E-state index is 13.4. The van der Waals surface area contributed by atoms with E-state index in [1.807, 2.05) is 43.3 Å². The summed E-state index contributed by atoms with van der Waals surface area (Å²) in [5, 5.41) is 3.69. The molecule has 156 valence electrons. The van der Waals surface area contributed by atoms with Crippen molar-refractivity contribution >= 4 is 34.7 Å². The Morgan fingerprint density at radius 3 is 2.26 bits per heavy atom. The zero-order valence-corrected chi connectivity index (χ0v) is 17.9. The van der Waals surface area contributed by atoms with Gasteiger partial charge < -0.3 is 10.1 Å². The molecule has 0 spiro atoms. The number of ether oxygens (including phenoxy) is 1. The quantitative estimate of drug-likeness (QED) is 0.554. The normalized spacial score (nSPS) is 13.7. The van der Waals surface area contributed by atoms with Gasteiger partial charge in [0.2, 0.25) is 0 Å². The molecule has 31 heavy (non-hydrogen) atoms. The van der Waals surface area contributed by atoms with E-state index in [0.29, 0.717) is 27.6 Å². The topological polar surface area (TPSA) is 58.6 Å². The molecule has 3 aromatic rings. The smallest absolute Gasteiger partial charge is 0.278 e. The van der Waals surface area contributed by atoms with Crippen molar-refractivity contribution in [2.45, 2.75) is 13.5 Å². The average Bonchev–Trinajstić information content (AvgIpc) is 3.00. The van der Waals surface area contributed by atoms with Crippen molar-refractivity contribution in [2.75, 3.05) is 12.4 Å². The number of halogens is 1. The minimum absolute atomic E-state index is 0.187. The van der Waals surface area contributed by atoms with Gasteiger partial charge in [0.1, 0.15) is 11.4 Å². The van der Waals surface area contributed by atoms with E-state index in [2.05, 4.69) is 5.32 Å². The van der Waals surface area contributed by atoms with Crippen LogP contribution in [0.2, 0.25) is 5.02 Å². The molecule has 2 amide bonds. The van der Waals surface area contributed by atoms with Gasteiger partial charge in [0, 0.05) is 5.02 Å². The number of aryl methyl sites for hydroxylation is 1. The van der Waals surface area contributed by atoms with Crippen molar-refractivity contribution in [2.24, 2.45) is 0 Å². The van der Waals surface area contributed by atoms with Crippen LogP contribution in [-0.4, -0.2) is 23.8 Å². The van der Waals surface area contributed by atoms with Crippen molar-refractivity contribution in [1.29, 1.82) is 0 Å². The number of carbonyl (C=O) groups excluding carboxylic acids is 2. The van der Waals surface area contributed by atoms with Crippen LogP contribution in [0.1, 0.15) is 16.7 Å². The molecule has 0 bridgehead atoms. The standard InChI is InChI=1S/C25H21ClN2O3/c1-16-7-9-17(10-8-16)15-28-24(29)22(18-11-13-19(26)14-12-18)23(25(28)30)27-20-5-3-4-6-21(20)31-2/h3-14,27H,15H2,1-2H3. The highest BCUT2D eigenvalue weighted by molar-refractivity contribution is 6.36. The zero-order chi connectivity index (χ0) is 22.0. The van der Waals surface area contributed by atoms with Crippen LogP contribution < -0.4 is 10.1 Å². The molecule has 5 nitrogen and oxygen atoms in total. The lowest BCUT2D eigenvalue weighted by atomic mass is 10.0. The molecule has 0 unspecified atom stereocenters. The molecule has 0 aliphatic carbocycles. The number of nitrogens with one attached hydrogen (secondary N) is 1. The lowest BCUT2D eigenvalue weighted by Crippen LogP contribution is -2.32. The average molecular weight is 433 g/mol. The first kappa shape index (κ1) is 20.7. The van der Waals surface area contributed by atoms with Crippen LogP contribution in [0.5, 0.6) is 5.75 Å². The monoisotopic (exact) mass is 432 g/mol. The number of nitrogens with zero attached hydrogens (tertiary/aromatic N) is 1. The Kier molecular flexibility index (Phi) is 5.78. The van der Waals surface area contributed by atoms with E-state index in [1.54, 1.807) is 43.5 Å². The summed E-state index contributed by atoms with van der Waals surface area (Å²) >= 11 is 6.03. The van der Waals surface area contributed by atoms with Crippen LogP contribution in [0.4, 0.5) is 5.69 Å². The van der Waals surface area contributed by atoms with E-state index in [4.69, 9.17) is 16.3 Å². The Labute approximate surface area is 185 Å². The number of imide groups is 1. The van der Waals surface area contributed by atoms with Crippen molar-refractivity contribution in [3.05, 3.63) is 100 Å². The van der Waals surface area contributed by atoms with Crippen molar-refractivity contribution < 1.29 is 14.3 Å². The number of methoxy groups -OCH3 is 1. The van der Waals surface area contributed by atoms with E-state index in [-0.39, 0.29) is 24.1 Å². The first-order chi connectivity index (χ1) is 15.0. The van der Waals surface area contributed by atoms with Crippen LogP contribution >= 0.6 is 11.6 Å². The Morgan fingerprint density at radius 2 is 1.58 bits per heavy atom. The second kappa shape index (κ2) is 8.66. The Bertz CT molecular complexity index is 1170. The van der Waals surface area contributed by atoms with Crippen molar-refractivity contribution in [1.82, 2.24) is 4.90 Å². The van der Waals surface area contributed by atoms with Gasteiger partial charge >= 0.3 is 0 Å². The number of hydrogen-bond donors (Lipinski definition) is 1. The molecule has 1 aliphatic rings.